The van der Waals surface area contributed by atoms with Crippen LogP contribution in [0.2, 0.25) is 0 Å². The molecule has 6 heteroatoms. The lowest BCUT2D eigenvalue weighted by Gasteiger charge is -2.07. The summed E-state index contributed by atoms with van der Waals surface area (Å²) in [4.78, 5) is 3.98. The van der Waals surface area contributed by atoms with Crippen LogP contribution < -0.4 is 4.72 Å². The smallest absolute Gasteiger partial charge is 0.234 e. The number of nitrogens with one attached hydrogen (secondary N) is 1. The first-order valence-electron chi connectivity index (χ1n) is 5.71. The predicted molar refractivity (Wildman–Crippen MR) is 79.5 cm³/mol. The van der Waals surface area contributed by atoms with Crippen LogP contribution in [0.5, 0.6) is 0 Å². The van der Waals surface area contributed by atoms with E-state index in [1.54, 1.807) is 18.3 Å². The highest BCUT2D eigenvalue weighted by Gasteiger charge is 2.11. The molecule has 0 atom stereocenters. The minimum atomic E-state index is -3.37. The van der Waals surface area contributed by atoms with E-state index in [4.69, 9.17) is 0 Å². The van der Waals surface area contributed by atoms with Crippen LogP contribution in [-0.4, -0.2) is 19.2 Å². The van der Waals surface area contributed by atoms with Gasteiger partial charge < -0.3 is 0 Å². The Kier molecular flexibility index (Phi) is 4.55. The Morgan fingerprint density at radius 1 is 1.11 bits per heavy atom. The SMILES string of the molecule is O=S(=O)(CCc1ccccc1)Nc1ccc(Br)cn1. The van der Waals surface area contributed by atoms with Crippen molar-refractivity contribution in [2.45, 2.75) is 6.42 Å². The zero-order valence-corrected chi connectivity index (χ0v) is 12.5. The molecule has 0 amide bonds. The van der Waals surface area contributed by atoms with E-state index in [9.17, 15) is 8.42 Å². The summed E-state index contributed by atoms with van der Waals surface area (Å²) in [6.07, 6.45) is 2.03. The van der Waals surface area contributed by atoms with E-state index < -0.39 is 10.0 Å². The molecule has 0 aliphatic rings. The fourth-order valence-electron chi connectivity index (χ4n) is 1.54. The van der Waals surface area contributed by atoms with Gasteiger partial charge in [0, 0.05) is 10.7 Å². The van der Waals surface area contributed by atoms with Crippen molar-refractivity contribution in [3.63, 3.8) is 0 Å². The highest BCUT2D eigenvalue weighted by molar-refractivity contribution is 9.10. The summed E-state index contributed by atoms with van der Waals surface area (Å²) in [5.41, 5.74) is 0.997. The number of hydrogen-bond donors (Lipinski definition) is 1. The number of anilines is 1. The molecular weight excluding hydrogens is 328 g/mol. The monoisotopic (exact) mass is 340 g/mol. The van der Waals surface area contributed by atoms with Gasteiger partial charge in [-0.1, -0.05) is 30.3 Å². The van der Waals surface area contributed by atoms with Crippen molar-refractivity contribution in [2.75, 3.05) is 10.5 Å². The zero-order chi connectivity index (χ0) is 13.7. The molecule has 1 aromatic carbocycles. The maximum atomic E-state index is 11.9. The van der Waals surface area contributed by atoms with Crippen LogP contribution in [0, 0.1) is 0 Å². The van der Waals surface area contributed by atoms with Crippen molar-refractivity contribution in [3.05, 3.63) is 58.7 Å². The maximum Gasteiger partial charge on any atom is 0.234 e. The predicted octanol–water partition coefficient (Wildman–Crippen LogP) is 2.83. The van der Waals surface area contributed by atoms with Crippen molar-refractivity contribution in [2.24, 2.45) is 0 Å². The molecule has 2 aromatic rings. The summed E-state index contributed by atoms with van der Waals surface area (Å²) in [5, 5.41) is 0. The largest absolute Gasteiger partial charge is 0.267 e. The molecule has 0 bridgehead atoms. The van der Waals surface area contributed by atoms with Crippen LogP contribution >= 0.6 is 15.9 Å². The van der Waals surface area contributed by atoms with E-state index in [2.05, 4.69) is 25.6 Å². The third-order valence-electron chi connectivity index (χ3n) is 2.49. The Hall–Kier alpha value is -1.40. The molecule has 1 N–H and O–H groups in total. The van der Waals surface area contributed by atoms with Gasteiger partial charge in [-0.2, -0.15) is 0 Å². The third kappa shape index (κ3) is 4.65. The normalized spacial score (nSPS) is 11.2. The van der Waals surface area contributed by atoms with Gasteiger partial charge in [-0.05, 0) is 40.0 Å². The van der Waals surface area contributed by atoms with Crippen LogP contribution in [0.1, 0.15) is 5.56 Å². The van der Waals surface area contributed by atoms with Crippen molar-refractivity contribution < 1.29 is 8.42 Å². The third-order valence-corrected chi connectivity index (χ3v) is 4.22. The fourth-order valence-corrected chi connectivity index (χ4v) is 2.82. The van der Waals surface area contributed by atoms with Gasteiger partial charge in [0.15, 0.2) is 0 Å². The number of sulfonamides is 1. The lowest BCUT2D eigenvalue weighted by Crippen LogP contribution is -2.18. The van der Waals surface area contributed by atoms with Crippen molar-refractivity contribution >= 4 is 31.8 Å². The second-order valence-corrected chi connectivity index (χ2v) is 6.78. The molecule has 0 saturated heterocycles. The van der Waals surface area contributed by atoms with E-state index in [0.717, 1.165) is 10.0 Å². The summed E-state index contributed by atoms with van der Waals surface area (Å²) in [6, 6.07) is 12.9. The average molecular weight is 341 g/mol. The lowest BCUT2D eigenvalue weighted by molar-refractivity contribution is 0.600. The first kappa shape index (κ1) is 14.0. The first-order chi connectivity index (χ1) is 9.05. The molecule has 0 saturated carbocycles. The molecule has 1 aromatic heterocycles. The van der Waals surface area contributed by atoms with E-state index >= 15 is 0 Å². The Bertz CT molecular complexity index is 627. The Labute approximate surface area is 121 Å². The molecule has 19 heavy (non-hydrogen) atoms. The number of aromatic nitrogens is 1. The average Bonchev–Trinajstić information content (AvgIpc) is 2.40. The highest BCUT2D eigenvalue weighted by Crippen LogP contribution is 2.12. The summed E-state index contributed by atoms with van der Waals surface area (Å²) >= 11 is 3.25. The summed E-state index contributed by atoms with van der Waals surface area (Å²) in [5.74, 6) is 0.366. The maximum absolute atomic E-state index is 11.9. The van der Waals surface area contributed by atoms with Crippen molar-refractivity contribution in [1.29, 1.82) is 0 Å². The number of aryl methyl sites for hydroxylation is 1. The van der Waals surface area contributed by atoms with Gasteiger partial charge in [-0.15, -0.1) is 0 Å². The molecule has 0 aliphatic carbocycles. The lowest BCUT2D eigenvalue weighted by atomic mass is 10.2. The topological polar surface area (TPSA) is 59.1 Å². The summed E-state index contributed by atoms with van der Waals surface area (Å²) < 4.78 is 27.1. The van der Waals surface area contributed by atoms with E-state index in [1.807, 2.05) is 30.3 Å². The van der Waals surface area contributed by atoms with Crippen molar-refractivity contribution in [1.82, 2.24) is 4.98 Å². The number of rotatable bonds is 5. The number of nitrogens with zero attached hydrogens (tertiary/aromatic N) is 1. The molecule has 0 radical (unpaired) electrons. The van der Waals surface area contributed by atoms with Gasteiger partial charge in [0.05, 0.1) is 5.75 Å². The molecule has 1 heterocycles. The Morgan fingerprint density at radius 2 is 1.84 bits per heavy atom. The van der Waals surface area contributed by atoms with E-state index in [1.165, 1.54) is 0 Å². The number of benzene rings is 1. The minimum absolute atomic E-state index is 0.0365. The standard InChI is InChI=1S/C13H13BrN2O2S/c14-12-6-7-13(15-10-12)16-19(17,18)9-8-11-4-2-1-3-5-11/h1-7,10H,8-9H2,(H,15,16). The van der Waals surface area contributed by atoms with Crippen LogP contribution in [0.15, 0.2) is 53.1 Å². The Balaban J connectivity index is 1.97. The summed E-state index contributed by atoms with van der Waals surface area (Å²) in [7, 11) is -3.37. The van der Waals surface area contributed by atoms with Gasteiger partial charge in [-0.3, -0.25) is 4.72 Å². The molecule has 0 fully saturated rings. The second-order valence-electron chi connectivity index (χ2n) is 4.02. The summed E-state index contributed by atoms with van der Waals surface area (Å²) in [6.45, 7) is 0. The molecule has 4 nitrogen and oxygen atoms in total. The van der Waals surface area contributed by atoms with Gasteiger partial charge in [0.2, 0.25) is 10.0 Å². The van der Waals surface area contributed by atoms with Gasteiger partial charge >= 0.3 is 0 Å². The molecule has 0 aliphatic heterocycles. The molecular formula is C13H13BrN2O2S. The quantitative estimate of drug-likeness (QED) is 0.910. The number of halogens is 1. The van der Waals surface area contributed by atoms with Crippen LogP contribution in [0.3, 0.4) is 0 Å². The fraction of sp³-hybridized carbons (Fsp3) is 0.154. The van der Waals surface area contributed by atoms with E-state index in [-0.39, 0.29) is 5.75 Å². The number of pyridine rings is 1. The molecule has 100 valence electrons. The van der Waals surface area contributed by atoms with Crippen LogP contribution in [-0.2, 0) is 16.4 Å². The minimum Gasteiger partial charge on any atom is -0.267 e. The first-order valence-corrected chi connectivity index (χ1v) is 8.16. The number of hydrogen-bond acceptors (Lipinski definition) is 3. The molecule has 0 unspecified atom stereocenters. The Morgan fingerprint density at radius 3 is 2.47 bits per heavy atom. The molecule has 0 spiro atoms. The van der Waals surface area contributed by atoms with E-state index in [0.29, 0.717) is 12.2 Å². The van der Waals surface area contributed by atoms with Crippen molar-refractivity contribution in [3.8, 4) is 0 Å². The van der Waals surface area contributed by atoms with Crippen LogP contribution in [0.4, 0.5) is 5.82 Å². The van der Waals surface area contributed by atoms with Gasteiger partial charge in [0.1, 0.15) is 5.82 Å². The zero-order valence-electron chi connectivity index (χ0n) is 10.1. The van der Waals surface area contributed by atoms with Gasteiger partial charge in [0.25, 0.3) is 0 Å². The second kappa shape index (κ2) is 6.16. The highest BCUT2D eigenvalue weighted by atomic mass is 79.9. The van der Waals surface area contributed by atoms with Crippen LogP contribution in [0.25, 0.3) is 0 Å². The van der Waals surface area contributed by atoms with Gasteiger partial charge in [-0.25, -0.2) is 13.4 Å². The molecule has 2 rings (SSSR count).